The van der Waals surface area contributed by atoms with Gasteiger partial charge in [-0.3, -0.25) is 4.79 Å². The highest BCUT2D eigenvalue weighted by atomic mass is 19.2. The van der Waals surface area contributed by atoms with Crippen molar-refractivity contribution in [2.24, 2.45) is 0 Å². The van der Waals surface area contributed by atoms with E-state index >= 15 is 0 Å². The maximum Gasteiger partial charge on any atom is 0.244 e. The van der Waals surface area contributed by atoms with E-state index in [1.807, 2.05) is 6.92 Å². The van der Waals surface area contributed by atoms with Crippen LogP contribution in [0.3, 0.4) is 0 Å². The summed E-state index contributed by atoms with van der Waals surface area (Å²) < 4.78 is 26.6. The summed E-state index contributed by atoms with van der Waals surface area (Å²) in [5.74, 6) is -2.30. The summed E-state index contributed by atoms with van der Waals surface area (Å²) >= 11 is 0. The van der Waals surface area contributed by atoms with Crippen molar-refractivity contribution in [3.05, 3.63) is 23.8 Å². The molecule has 0 aliphatic carbocycles. The van der Waals surface area contributed by atoms with Crippen LogP contribution in [0.4, 0.5) is 20.2 Å². The number of carbonyl (C=O) groups excluding carboxylic acids is 1. The summed E-state index contributed by atoms with van der Waals surface area (Å²) in [5, 5.41) is 2.60. The van der Waals surface area contributed by atoms with Crippen LogP contribution in [0.1, 0.15) is 13.8 Å². The number of nitrogens with two attached hydrogens (primary N) is 1. The van der Waals surface area contributed by atoms with Gasteiger partial charge in [0, 0.05) is 13.6 Å². The number of likely N-dealkylation sites (N-methyl/N-ethyl adjacent to an activating group) is 1. The van der Waals surface area contributed by atoms with E-state index in [1.54, 1.807) is 14.0 Å². The number of anilines is 2. The van der Waals surface area contributed by atoms with Crippen LogP contribution in [0.5, 0.6) is 0 Å². The summed E-state index contributed by atoms with van der Waals surface area (Å²) in [7, 11) is 1.63. The Balaban J connectivity index is 2.92. The van der Waals surface area contributed by atoms with Crippen molar-refractivity contribution < 1.29 is 13.6 Å². The molecule has 0 saturated carbocycles. The molecular formula is C12H17F2N3O. The first kappa shape index (κ1) is 14.2. The Morgan fingerprint density at radius 3 is 2.67 bits per heavy atom. The number of nitrogen functional groups attached to an aromatic ring is 1. The lowest BCUT2D eigenvalue weighted by Crippen LogP contribution is -2.39. The van der Waals surface area contributed by atoms with Gasteiger partial charge in [0.25, 0.3) is 0 Å². The molecule has 3 N–H and O–H groups in total. The highest BCUT2D eigenvalue weighted by Crippen LogP contribution is 2.25. The lowest BCUT2D eigenvalue weighted by Gasteiger charge is -2.22. The van der Waals surface area contributed by atoms with E-state index in [-0.39, 0.29) is 17.3 Å². The first-order valence-corrected chi connectivity index (χ1v) is 5.63. The van der Waals surface area contributed by atoms with Crippen LogP contribution in [0.15, 0.2) is 12.1 Å². The highest BCUT2D eigenvalue weighted by molar-refractivity contribution is 5.85. The van der Waals surface area contributed by atoms with Crippen LogP contribution in [-0.4, -0.2) is 30.4 Å². The van der Waals surface area contributed by atoms with Gasteiger partial charge in [0.05, 0.1) is 11.4 Å². The number of rotatable bonds is 4. The maximum absolute atomic E-state index is 13.5. The fraction of sp³-hybridized carbons (Fsp3) is 0.417. The Morgan fingerprint density at radius 1 is 1.50 bits per heavy atom. The average Bonchev–Trinajstić information content (AvgIpc) is 2.37. The smallest absolute Gasteiger partial charge is 0.244 e. The number of benzene rings is 1. The SMILES string of the molecule is CCN(C)C(=O)C(C)Nc1c(N)ccc(F)c1F. The molecule has 0 aliphatic heterocycles. The molecule has 0 heterocycles. The molecule has 1 amide bonds. The zero-order valence-electron chi connectivity index (χ0n) is 10.6. The van der Waals surface area contributed by atoms with Gasteiger partial charge in [0.2, 0.25) is 5.91 Å². The average molecular weight is 257 g/mol. The van der Waals surface area contributed by atoms with E-state index in [9.17, 15) is 13.6 Å². The number of nitrogens with one attached hydrogen (secondary N) is 1. The van der Waals surface area contributed by atoms with Crippen LogP contribution < -0.4 is 11.1 Å². The Kier molecular flexibility index (Phi) is 4.47. The Bertz CT molecular complexity index is 451. The second-order valence-electron chi connectivity index (χ2n) is 4.04. The number of hydrogen-bond donors (Lipinski definition) is 2. The molecule has 1 unspecified atom stereocenters. The molecular weight excluding hydrogens is 240 g/mol. The Morgan fingerprint density at radius 2 is 2.11 bits per heavy atom. The van der Waals surface area contributed by atoms with Crippen LogP contribution in [-0.2, 0) is 4.79 Å². The van der Waals surface area contributed by atoms with Crippen molar-refractivity contribution in [1.82, 2.24) is 4.90 Å². The molecule has 1 aromatic rings. The van der Waals surface area contributed by atoms with Gasteiger partial charge >= 0.3 is 0 Å². The molecule has 6 heteroatoms. The van der Waals surface area contributed by atoms with Gasteiger partial charge in [0.1, 0.15) is 6.04 Å². The maximum atomic E-state index is 13.5. The van der Waals surface area contributed by atoms with Crippen molar-refractivity contribution in [1.29, 1.82) is 0 Å². The van der Waals surface area contributed by atoms with E-state index in [4.69, 9.17) is 5.73 Å². The predicted octanol–water partition coefficient (Wildman–Crippen LogP) is 1.83. The standard InChI is InChI=1S/C12H17F2N3O/c1-4-17(3)12(18)7(2)16-11-9(15)6-5-8(13)10(11)14/h5-7,16H,4,15H2,1-3H3. The summed E-state index contributed by atoms with van der Waals surface area (Å²) in [6.45, 7) is 3.92. The minimum atomic E-state index is -1.08. The van der Waals surface area contributed by atoms with Gasteiger partial charge in [-0.2, -0.15) is 0 Å². The predicted molar refractivity (Wildman–Crippen MR) is 67.2 cm³/mol. The zero-order valence-corrected chi connectivity index (χ0v) is 10.6. The molecule has 0 aromatic heterocycles. The summed E-state index contributed by atoms with van der Waals surface area (Å²) in [4.78, 5) is 13.3. The quantitative estimate of drug-likeness (QED) is 0.809. The minimum absolute atomic E-state index is 0.0627. The highest BCUT2D eigenvalue weighted by Gasteiger charge is 2.20. The molecule has 1 aromatic carbocycles. The van der Waals surface area contributed by atoms with Gasteiger partial charge < -0.3 is 16.0 Å². The molecule has 0 aliphatic rings. The largest absolute Gasteiger partial charge is 0.397 e. The van der Waals surface area contributed by atoms with E-state index in [2.05, 4.69) is 5.32 Å². The van der Waals surface area contributed by atoms with E-state index < -0.39 is 17.7 Å². The molecule has 1 rings (SSSR count). The number of amides is 1. The van der Waals surface area contributed by atoms with E-state index in [0.29, 0.717) is 6.54 Å². The molecule has 0 saturated heterocycles. The monoisotopic (exact) mass is 257 g/mol. The van der Waals surface area contributed by atoms with Crippen molar-refractivity contribution >= 4 is 17.3 Å². The van der Waals surface area contributed by atoms with Crippen molar-refractivity contribution in [2.75, 3.05) is 24.6 Å². The van der Waals surface area contributed by atoms with E-state index in [1.165, 1.54) is 11.0 Å². The molecule has 0 bridgehead atoms. The Labute approximate surface area is 105 Å². The number of carbonyl (C=O) groups is 1. The molecule has 4 nitrogen and oxygen atoms in total. The molecule has 100 valence electrons. The zero-order chi connectivity index (χ0) is 13.9. The summed E-state index contributed by atoms with van der Waals surface area (Å²) in [6.07, 6.45) is 0. The summed E-state index contributed by atoms with van der Waals surface area (Å²) in [5.41, 5.74) is 5.44. The number of nitrogens with zero attached hydrogens (tertiary/aromatic N) is 1. The first-order chi connectivity index (χ1) is 8.38. The first-order valence-electron chi connectivity index (χ1n) is 5.63. The fourth-order valence-corrected chi connectivity index (χ4v) is 1.48. The van der Waals surface area contributed by atoms with E-state index in [0.717, 1.165) is 6.07 Å². The van der Waals surface area contributed by atoms with Crippen LogP contribution in [0.2, 0.25) is 0 Å². The molecule has 1 atom stereocenters. The topological polar surface area (TPSA) is 58.4 Å². The molecule has 0 radical (unpaired) electrons. The fourth-order valence-electron chi connectivity index (χ4n) is 1.48. The lowest BCUT2D eigenvalue weighted by atomic mass is 10.2. The lowest BCUT2D eigenvalue weighted by molar-refractivity contribution is -0.130. The third-order valence-electron chi connectivity index (χ3n) is 2.71. The van der Waals surface area contributed by atoms with Gasteiger partial charge in [0.15, 0.2) is 11.6 Å². The second-order valence-corrected chi connectivity index (χ2v) is 4.04. The third kappa shape index (κ3) is 2.88. The van der Waals surface area contributed by atoms with Crippen LogP contribution in [0, 0.1) is 11.6 Å². The molecule has 0 spiro atoms. The van der Waals surface area contributed by atoms with Gasteiger partial charge in [-0.1, -0.05) is 0 Å². The normalized spacial score (nSPS) is 12.1. The van der Waals surface area contributed by atoms with Gasteiger partial charge in [-0.05, 0) is 26.0 Å². The molecule has 18 heavy (non-hydrogen) atoms. The van der Waals surface area contributed by atoms with Crippen LogP contribution in [0.25, 0.3) is 0 Å². The minimum Gasteiger partial charge on any atom is -0.397 e. The molecule has 0 fully saturated rings. The number of halogens is 2. The Hall–Kier alpha value is -1.85. The van der Waals surface area contributed by atoms with Crippen molar-refractivity contribution in [3.8, 4) is 0 Å². The second kappa shape index (κ2) is 5.66. The van der Waals surface area contributed by atoms with Crippen molar-refractivity contribution in [2.45, 2.75) is 19.9 Å². The van der Waals surface area contributed by atoms with Crippen LogP contribution >= 0.6 is 0 Å². The summed E-state index contributed by atoms with van der Waals surface area (Å²) in [6, 6.07) is 1.51. The van der Waals surface area contributed by atoms with Crippen molar-refractivity contribution in [3.63, 3.8) is 0 Å². The van der Waals surface area contributed by atoms with Gasteiger partial charge in [-0.25, -0.2) is 8.78 Å². The number of hydrogen-bond acceptors (Lipinski definition) is 3. The third-order valence-corrected chi connectivity index (χ3v) is 2.71. The van der Waals surface area contributed by atoms with Gasteiger partial charge in [-0.15, -0.1) is 0 Å².